The van der Waals surface area contributed by atoms with Crippen LogP contribution in [0.2, 0.25) is 0 Å². The summed E-state index contributed by atoms with van der Waals surface area (Å²) in [4.78, 5) is 0. The number of quaternary nitrogens is 1. The Labute approximate surface area is 70.0 Å². The molecule has 64 valence electrons. The van der Waals surface area contributed by atoms with E-state index in [0.29, 0.717) is 0 Å². The van der Waals surface area contributed by atoms with Crippen LogP contribution in [0.15, 0.2) is 0 Å². The molecule has 0 aliphatic carbocycles. The quantitative estimate of drug-likeness (QED) is 0.507. The zero-order valence-corrected chi connectivity index (χ0v) is 7.84. The van der Waals surface area contributed by atoms with Crippen molar-refractivity contribution < 1.29 is 4.48 Å². The van der Waals surface area contributed by atoms with Gasteiger partial charge in [-0.1, -0.05) is 0 Å². The van der Waals surface area contributed by atoms with Gasteiger partial charge in [-0.2, -0.15) is 0 Å². The molecule has 0 N–H and O–H groups in total. The molecule has 0 spiro atoms. The lowest BCUT2D eigenvalue weighted by Crippen LogP contribution is -2.61. The second-order valence-electron chi connectivity index (χ2n) is 4.72. The molecule has 3 saturated heterocycles. The topological polar surface area (TPSA) is 0 Å². The van der Waals surface area contributed by atoms with E-state index >= 15 is 0 Å². The number of rotatable bonds is 1. The molecule has 3 rings (SSSR count). The van der Waals surface area contributed by atoms with Crippen LogP contribution in [0, 0.1) is 5.92 Å². The van der Waals surface area contributed by atoms with Gasteiger partial charge in [-0.25, -0.2) is 0 Å². The average Bonchev–Trinajstić information content (AvgIpc) is 2.08. The van der Waals surface area contributed by atoms with E-state index in [1.54, 1.807) is 0 Å². The Morgan fingerprint density at radius 2 is 1.45 bits per heavy atom. The molecule has 0 unspecified atom stereocenters. The zero-order valence-electron chi connectivity index (χ0n) is 7.84. The highest BCUT2D eigenvalue weighted by molar-refractivity contribution is 4.72. The Balaban J connectivity index is 2.12. The van der Waals surface area contributed by atoms with Gasteiger partial charge in [-0.15, -0.1) is 0 Å². The van der Waals surface area contributed by atoms with Crippen molar-refractivity contribution in [3.8, 4) is 0 Å². The van der Waals surface area contributed by atoms with Crippen LogP contribution in [0.1, 0.15) is 33.1 Å². The smallest absolute Gasteiger partial charge is 0.0833 e. The molecule has 1 heteroatoms. The van der Waals surface area contributed by atoms with Crippen molar-refractivity contribution in [1.29, 1.82) is 0 Å². The Morgan fingerprint density at radius 3 is 1.73 bits per heavy atom. The molecule has 0 atom stereocenters. The third-order valence-electron chi connectivity index (χ3n) is 4.04. The van der Waals surface area contributed by atoms with Crippen molar-refractivity contribution in [2.24, 2.45) is 5.92 Å². The average molecular weight is 154 g/mol. The lowest BCUT2D eigenvalue weighted by Gasteiger charge is -2.51. The molecule has 0 aromatic heterocycles. The van der Waals surface area contributed by atoms with Crippen LogP contribution in [0.25, 0.3) is 0 Å². The molecule has 0 aromatic carbocycles. The molecular formula is C10H20N+. The van der Waals surface area contributed by atoms with Crippen LogP contribution in [-0.2, 0) is 0 Å². The minimum atomic E-state index is 0.872. The van der Waals surface area contributed by atoms with Crippen LogP contribution in [0.5, 0.6) is 0 Å². The summed E-state index contributed by atoms with van der Waals surface area (Å²) in [6.45, 7) is 9.21. The summed E-state index contributed by atoms with van der Waals surface area (Å²) in [6, 6.07) is 0.872. The van der Waals surface area contributed by atoms with Gasteiger partial charge in [0.05, 0.1) is 25.7 Å². The van der Waals surface area contributed by atoms with Crippen molar-refractivity contribution in [2.45, 2.75) is 39.2 Å². The van der Waals surface area contributed by atoms with Crippen molar-refractivity contribution >= 4 is 0 Å². The summed E-state index contributed by atoms with van der Waals surface area (Å²) in [6.07, 6.45) is 4.54. The van der Waals surface area contributed by atoms with Gasteiger partial charge in [0.1, 0.15) is 0 Å². The summed E-state index contributed by atoms with van der Waals surface area (Å²) >= 11 is 0. The second-order valence-corrected chi connectivity index (χ2v) is 4.72. The van der Waals surface area contributed by atoms with Gasteiger partial charge in [0.2, 0.25) is 0 Å². The molecule has 3 heterocycles. The van der Waals surface area contributed by atoms with Crippen LogP contribution >= 0.6 is 0 Å². The van der Waals surface area contributed by atoms with Crippen molar-refractivity contribution in [2.75, 3.05) is 19.6 Å². The molecule has 0 saturated carbocycles. The SMILES string of the molecule is CC(C)[N+]12CCC(CC1)CC2. The monoisotopic (exact) mass is 154 g/mol. The molecule has 3 aliphatic heterocycles. The Bertz CT molecular complexity index is 129. The molecule has 11 heavy (non-hydrogen) atoms. The Morgan fingerprint density at radius 1 is 1.00 bits per heavy atom. The van der Waals surface area contributed by atoms with Crippen molar-refractivity contribution in [1.82, 2.24) is 0 Å². The maximum absolute atomic E-state index is 2.39. The molecule has 3 fully saturated rings. The van der Waals surface area contributed by atoms with E-state index < -0.39 is 0 Å². The van der Waals surface area contributed by atoms with Crippen LogP contribution in [-0.4, -0.2) is 30.2 Å². The lowest BCUT2D eigenvalue weighted by atomic mass is 9.84. The molecule has 2 bridgehead atoms. The number of hydrogen-bond donors (Lipinski definition) is 0. The number of piperidine rings is 3. The third kappa shape index (κ3) is 1.10. The van der Waals surface area contributed by atoms with Gasteiger partial charge in [0.15, 0.2) is 0 Å². The fraction of sp³-hybridized carbons (Fsp3) is 1.00. The fourth-order valence-corrected chi connectivity index (χ4v) is 2.86. The predicted octanol–water partition coefficient (Wildman–Crippen LogP) is 2.03. The summed E-state index contributed by atoms with van der Waals surface area (Å²) in [5, 5.41) is 0. The first-order valence-corrected chi connectivity index (χ1v) is 5.09. The fourth-order valence-electron chi connectivity index (χ4n) is 2.86. The summed E-state index contributed by atoms with van der Waals surface area (Å²) < 4.78 is 1.44. The maximum atomic E-state index is 2.39. The summed E-state index contributed by atoms with van der Waals surface area (Å²) in [7, 11) is 0. The van der Waals surface area contributed by atoms with E-state index in [1.807, 2.05) is 0 Å². The van der Waals surface area contributed by atoms with Gasteiger partial charge in [-0.05, 0) is 39.0 Å². The van der Waals surface area contributed by atoms with Gasteiger partial charge in [-0.3, -0.25) is 0 Å². The van der Waals surface area contributed by atoms with Crippen molar-refractivity contribution in [3.63, 3.8) is 0 Å². The van der Waals surface area contributed by atoms with Crippen molar-refractivity contribution in [3.05, 3.63) is 0 Å². The van der Waals surface area contributed by atoms with Crippen LogP contribution < -0.4 is 0 Å². The number of hydrogen-bond acceptors (Lipinski definition) is 0. The minimum absolute atomic E-state index is 0.872. The number of nitrogens with zero attached hydrogens (tertiary/aromatic N) is 1. The van der Waals surface area contributed by atoms with Gasteiger partial charge in [0, 0.05) is 0 Å². The first kappa shape index (κ1) is 7.60. The second kappa shape index (κ2) is 2.48. The highest BCUT2D eigenvalue weighted by Gasteiger charge is 2.41. The van der Waals surface area contributed by atoms with Gasteiger partial charge in [0.25, 0.3) is 0 Å². The molecule has 0 radical (unpaired) electrons. The Hall–Kier alpha value is -0.0400. The van der Waals surface area contributed by atoms with E-state index in [1.165, 1.54) is 43.4 Å². The molecule has 0 amide bonds. The summed E-state index contributed by atoms with van der Waals surface area (Å²) in [5.74, 6) is 1.11. The molecular weight excluding hydrogens is 134 g/mol. The third-order valence-corrected chi connectivity index (χ3v) is 4.04. The zero-order chi connectivity index (χ0) is 7.90. The number of fused-ring (bicyclic) bond motifs is 3. The molecule has 1 nitrogen and oxygen atoms in total. The highest BCUT2D eigenvalue weighted by atomic mass is 15.4. The molecule has 0 aromatic rings. The normalized spacial score (nSPS) is 43.4. The van der Waals surface area contributed by atoms with E-state index in [0.717, 1.165) is 12.0 Å². The standard InChI is InChI=1S/C10H20N/c1-9(2)11-6-3-10(4-7-11)5-8-11/h9-10H,3-8H2,1-2H3/q+1. The van der Waals surface area contributed by atoms with Crippen LogP contribution in [0.3, 0.4) is 0 Å². The van der Waals surface area contributed by atoms with E-state index in [9.17, 15) is 0 Å². The van der Waals surface area contributed by atoms with Crippen LogP contribution in [0.4, 0.5) is 0 Å². The largest absolute Gasteiger partial charge is 0.322 e. The lowest BCUT2D eigenvalue weighted by molar-refractivity contribution is -0.961. The minimum Gasteiger partial charge on any atom is -0.322 e. The Kier molecular flexibility index (Phi) is 1.71. The van der Waals surface area contributed by atoms with E-state index in [-0.39, 0.29) is 0 Å². The molecule has 3 aliphatic rings. The maximum Gasteiger partial charge on any atom is 0.0833 e. The van der Waals surface area contributed by atoms with E-state index in [2.05, 4.69) is 13.8 Å². The first-order valence-electron chi connectivity index (χ1n) is 5.09. The first-order chi connectivity index (χ1) is 5.23. The van der Waals surface area contributed by atoms with Gasteiger partial charge >= 0.3 is 0 Å². The summed E-state index contributed by atoms with van der Waals surface area (Å²) in [5.41, 5.74) is 0. The van der Waals surface area contributed by atoms with E-state index in [4.69, 9.17) is 0 Å². The predicted molar refractivity (Wildman–Crippen MR) is 47.3 cm³/mol. The highest BCUT2D eigenvalue weighted by Crippen LogP contribution is 2.35. The van der Waals surface area contributed by atoms with Gasteiger partial charge < -0.3 is 4.48 Å².